The smallest absolute Gasteiger partial charge is 0.0412 e. The third-order valence-corrected chi connectivity index (χ3v) is 10.1. The van der Waals surface area contributed by atoms with Gasteiger partial charge in [0, 0.05) is 0 Å². The van der Waals surface area contributed by atoms with E-state index in [-0.39, 0.29) is 0 Å². The molecule has 1 aliphatic carbocycles. The maximum absolute atomic E-state index is 2.33. The number of hydrogen-bond acceptors (Lipinski definition) is 0. The Kier molecular flexibility index (Phi) is 29.4. The van der Waals surface area contributed by atoms with E-state index in [0.717, 1.165) is 11.8 Å². The quantitative estimate of drug-likeness (QED) is 0.112. The predicted octanol–water partition coefficient (Wildman–Crippen LogP) is 14.9. The number of hydrogen-bond donors (Lipinski definition) is 0. The zero-order chi connectivity index (χ0) is 27.9. The first-order valence-electron chi connectivity index (χ1n) is 19.4. The van der Waals surface area contributed by atoms with Gasteiger partial charge in [-0.2, -0.15) is 0 Å². The fourth-order valence-electron chi connectivity index (χ4n) is 7.35. The van der Waals surface area contributed by atoms with Crippen molar-refractivity contribution in [3.8, 4) is 0 Å². The molecule has 0 heteroatoms. The van der Waals surface area contributed by atoms with Gasteiger partial charge in [-0.05, 0) is 18.3 Å². The van der Waals surface area contributed by atoms with Gasteiger partial charge in [0.2, 0.25) is 0 Å². The van der Waals surface area contributed by atoms with Crippen LogP contribution in [-0.2, 0) is 0 Å². The molecular formula is C39H78. The largest absolute Gasteiger partial charge is 0.0654 e. The molecule has 234 valence electrons. The van der Waals surface area contributed by atoms with Gasteiger partial charge in [-0.25, -0.2) is 0 Å². The summed E-state index contributed by atoms with van der Waals surface area (Å²) >= 11 is 0. The van der Waals surface area contributed by atoms with Crippen LogP contribution in [0.3, 0.4) is 0 Å². The third kappa shape index (κ3) is 26.6. The van der Waals surface area contributed by atoms with Crippen LogP contribution in [0.5, 0.6) is 0 Å². The molecule has 2 atom stereocenters. The monoisotopic (exact) mass is 547 g/mol. The molecule has 0 aromatic carbocycles. The lowest BCUT2D eigenvalue weighted by Gasteiger charge is -2.25. The molecule has 0 N–H and O–H groups in total. The Morgan fingerprint density at radius 2 is 0.564 bits per heavy atom. The van der Waals surface area contributed by atoms with E-state index in [1.807, 2.05) is 0 Å². The first-order chi connectivity index (χ1) is 19.4. The Morgan fingerprint density at radius 3 is 0.872 bits per heavy atom. The van der Waals surface area contributed by atoms with Gasteiger partial charge in [0.05, 0.1) is 0 Å². The van der Waals surface area contributed by atoms with E-state index < -0.39 is 0 Å². The SMILES string of the molecule is CCCCCCCCCCCCCC1CCCCCCCCCCCC(CCCCCCCCCCCC)C1. The second-order valence-corrected chi connectivity index (χ2v) is 14.0. The van der Waals surface area contributed by atoms with Gasteiger partial charge in [0.1, 0.15) is 0 Å². The molecule has 39 heavy (non-hydrogen) atoms. The van der Waals surface area contributed by atoms with E-state index in [1.54, 1.807) is 32.1 Å². The summed E-state index contributed by atoms with van der Waals surface area (Å²) < 4.78 is 0. The van der Waals surface area contributed by atoms with Crippen molar-refractivity contribution in [2.75, 3.05) is 0 Å². The standard InChI is InChI=1S/C39H78/c1-3-5-7-9-11-13-15-18-22-26-30-34-39-36-32-28-24-20-16-19-23-27-31-35-38(37-39)33-29-25-21-17-14-12-10-8-6-4-2/h38-39H,3-37H2,1-2H3. The molecule has 2 unspecified atom stereocenters. The summed E-state index contributed by atoms with van der Waals surface area (Å²) in [6.45, 7) is 4.65. The van der Waals surface area contributed by atoms with Gasteiger partial charge in [0.15, 0.2) is 0 Å². The molecule has 0 bridgehead atoms. The van der Waals surface area contributed by atoms with Crippen LogP contribution in [-0.4, -0.2) is 0 Å². The molecule has 1 fully saturated rings. The lowest BCUT2D eigenvalue weighted by Crippen LogP contribution is -2.11. The molecular weight excluding hydrogens is 468 g/mol. The summed E-state index contributed by atoms with van der Waals surface area (Å²) in [5.74, 6) is 2.08. The first-order valence-corrected chi connectivity index (χ1v) is 19.4. The fraction of sp³-hybridized carbons (Fsp3) is 1.00. The second kappa shape index (κ2) is 30.9. The average Bonchev–Trinajstić information content (AvgIpc) is 2.94. The zero-order valence-corrected chi connectivity index (χ0v) is 27.9. The van der Waals surface area contributed by atoms with Crippen molar-refractivity contribution < 1.29 is 0 Å². The van der Waals surface area contributed by atoms with Crippen LogP contribution in [0.1, 0.15) is 239 Å². The molecule has 0 nitrogen and oxygen atoms in total. The summed E-state index contributed by atoms with van der Waals surface area (Å²) in [7, 11) is 0. The Balaban J connectivity index is 2.29. The Labute approximate surface area is 250 Å². The van der Waals surface area contributed by atoms with Crippen molar-refractivity contribution in [3.05, 3.63) is 0 Å². The van der Waals surface area contributed by atoms with E-state index in [2.05, 4.69) is 13.8 Å². The maximum atomic E-state index is 2.33. The minimum Gasteiger partial charge on any atom is -0.0654 e. The van der Waals surface area contributed by atoms with Crippen LogP contribution < -0.4 is 0 Å². The van der Waals surface area contributed by atoms with Crippen LogP contribution in [0.2, 0.25) is 0 Å². The van der Waals surface area contributed by atoms with Gasteiger partial charge < -0.3 is 0 Å². The molecule has 0 aromatic heterocycles. The van der Waals surface area contributed by atoms with Crippen LogP contribution in [0.15, 0.2) is 0 Å². The minimum atomic E-state index is 1.04. The first kappa shape index (κ1) is 37.0. The highest BCUT2D eigenvalue weighted by Gasteiger charge is 2.17. The predicted molar refractivity (Wildman–Crippen MR) is 180 cm³/mol. The van der Waals surface area contributed by atoms with Gasteiger partial charge >= 0.3 is 0 Å². The molecule has 1 aliphatic rings. The van der Waals surface area contributed by atoms with E-state index in [9.17, 15) is 0 Å². The summed E-state index contributed by atoms with van der Waals surface area (Å²) in [6.07, 6.45) is 52.4. The molecule has 0 amide bonds. The molecule has 0 saturated heterocycles. The summed E-state index contributed by atoms with van der Waals surface area (Å²) in [5, 5.41) is 0. The van der Waals surface area contributed by atoms with Gasteiger partial charge in [-0.15, -0.1) is 0 Å². The van der Waals surface area contributed by atoms with Crippen molar-refractivity contribution in [1.82, 2.24) is 0 Å². The van der Waals surface area contributed by atoms with Crippen molar-refractivity contribution >= 4 is 0 Å². The van der Waals surface area contributed by atoms with Crippen molar-refractivity contribution in [2.24, 2.45) is 11.8 Å². The van der Waals surface area contributed by atoms with Crippen LogP contribution in [0, 0.1) is 11.8 Å². The summed E-state index contributed by atoms with van der Waals surface area (Å²) in [4.78, 5) is 0. The molecule has 1 saturated carbocycles. The topological polar surface area (TPSA) is 0 Å². The average molecular weight is 547 g/mol. The molecule has 0 aliphatic heterocycles. The third-order valence-electron chi connectivity index (χ3n) is 10.1. The van der Waals surface area contributed by atoms with Gasteiger partial charge in [0.25, 0.3) is 0 Å². The maximum Gasteiger partial charge on any atom is -0.0412 e. The summed E-state index contributed by atoms with van der Waals surface area (Å²) in [6, 6.07) is 0. The number of rotatable bonds is 23. The van der Waals surface area contributed by atoms with Crippen LogP contribution >= 0.6 is 0 Å². The molecule has 0 heterocycles. The minimum absolute atomic E-state index is 1.04. The molecule has 0 spiro atoms. The second-order valence-electron chi connectivity index (χ2n) is 14.0. The molecule has 0 aromatic rings. The highest BCUT2D eigenvalue weighted by molar-refractivity contribution is 4.69. The van der Waals surface area contributed by atoms with Crippen molar-refractivity contribution in [2.45, 2.75) is 239 Å². The van der Waals surface area contributed by atoms with Crippen LogP contribution in [0.25, 0.3) is 0 Å². The highest BCUT2D eigenvalue weighted by Crippen LogP contribution is 2.31. The van der Waals surface area contributed by atoms with E-state index in [4.69, 9.17) is 0 Å². The van der Waals surface area contributed by atoms with E-state index in [0.29, 0.717) is 0 Å². The van der Waals surface area contributed by atoms with Crippen LogP contribution in [0.4, 0.5) is 0 Å². The lowest BCUT2D eigenvalue weighted by molar-refractivity contribution is 0.280. The molecule has 1 rings (SSSR count). The van der Waals surface area contributed by atoms with E-state index >= 15 is 0 Å². The Hall–Kier alpha value is 0. The highest BCUT2D eigenvalue weighted by atomic mass is 14.2. The zero-order valence-electron chi connectivity index (χ0n) is 27.9. The van der Waals surface area contributed by atoms with Gasteiger partial charge in [-0.1, -0.05) is 232 Å². The molecule has 0 radical (unpaired) electrons. The Bertz CT molecular complexity index is 439. The normalized spacial score (nSPS) is 20.2. The summed E-state index contributed by atoms with van der Waals surface area (Å²) in [5.41, 5.74) is 0. The van der Waals surface area contributed by atoms with Gasteiger partial charge in [-0.3, -0.25) is 0 Å². The Morgan fingerprint density at radius 1 is 0.308 bits per heavy atom. The van der Waals surface area contributed by atoms with Crippen molar-refractivity contribution in [3.63, 3.8) is 0 Å². The van der Waals surface area contributed by atoms with Crippen molar-refractivity contribution in [1.29, 1.82) is 0 Å². The number of unbranched alkanes of at least 4 members (excludes halogenated alkanes) is 19. The van der Waals surface area contributed by atoms with E-state index in [1.165, 1.54) is 193 Å². The fourth-order valence-corrected chi connectivity index (χ4v) is 7.35. The lowest BCUT2D eigenvalue weighted by atomic mass is 9.81.